The van der Waals surface area contributed by atoms with Crippen LogP contribution in [-0.4, -0.2) is 61.5 Å². The minimum absolute atomic E-state index is 0.352. The number of nitrogens with zero attached hydrogens (tertiary/aromatic N) is 2. The molecule has 0 bridgehead atoms. The van der Waals surface area contributed by atoms with E-state index in [2.05, 4.69) is 10.2 Å². The Morgan fingerprint density at radius 3 is 2.71 bits per heavy atom. The second kappa shape index (κ2) is 4.58. The van der Waals surface area contributed by atoms with Crippen molar-refractivity contribution in [1.29, 1.82) is 0 Å². The third-order valence-electron chi connectivity index (χ3n) is 4.67. The first kappa shape index (κ1) is 11.5. The largest absolute Gasteiger partial charge is 0.342 e. The van der Waals surface area contributed by atoms with Gasteiger partial charge in [0.1, 0.15) is 0 Å². The van der Waals surface area contributed by atoms with Gasteiger partial charge in [-0.1, -0.05) is 0 Å². The molecule has 0 aromatic rings. The summed E-state index contributed by atoms with van der Waals surface area (Å²) in [5.74, 6) is 0.352. The van der Waals surface area contributed by atoms with E-state index in [1.54, 1.807) is 0 Å². The summed E-state index contributed by atoms with van der Waals surface area (Å²) in [6.07, 6.45) is 4.95. The third kappa shape index (κ3) is 2.33. The maximum absolute atomic E-state index is 12.1. The van der Waals surface area contributed by atoms with E-state index in [9.17, 15) is 4.79 Å². The molecule has 1 N–H and O–H groups in total. The Bertz CT molecular complexity index is 293. The maximum atomic E-state index is 12.1. The van der Waals surface area contributed by atoms with Gasteiger partial charge in [0, 0.05) is 26.2 Å². The SMILES string of the molecule is O=C(CN1CCC2(CCNC2)C1)N1CCCC1. The second-order valence-electron chi connectivity index (χ2n) is 5.98. The summed E-state index contributed by atoms with van der Waals surface area (Å²) in [5, 5.41) is 3.46. The molecule has 3 heterocycles. The average molecular weight is 237 g/mol. The number of rotatable bonds is 2. The van der Waals surface area contributed by atoms with Crippen molar-refractivity contribution in [1.82, 2.24) is 15.1 Å². The smallest absolute Gasteiger partial charge is 0.236 e. The molecule has 1 unspecified atom stereocenters. The van der Waals surface area contributed by atoms with Crippen molar-refractivity contribution in [2.24, 2.45) is 5.41 Å². The number of hydrogen-bond donors (Lipinski definition) is 1. The number of carbonyl (C=O) groups is 1. The molecule has 1 atom stereocenters. The summed E-state index contributed by atoms with van der Waals surface area (Å²) in [6.45, 7) is 7.18. The molecule has 1 amide bonds. The lowest BCUT2D eigenvalue weighted by Crippen LogP contribution is -2.39. The van der Waals surface area contributed by atoms with E-state index in [4.69, 9.17) is 0 Å². The number of amides is 1. The molecule has 1 spiro atoms. The van der Waals surface area contributed by atoms with Crippen molar-refractivity contribution in [2.75, 3.05) is 45.8 Å². The summed E-state index contributed by atoms with van der Waals surface area (Å²) >= 11 is 0. The number of carbonyl (C=O) groups excluding carboxylic acids is 1. The van der Waals surface area contributed by atoms with Gasteiger partial charge in [0.15, 0.2) is 0 Å². The number of hydrogen-bond acceptors (Lipinski definition) is 3. The van der Waals surface area contributed by atoms with Crippen molar-refractivity contribution >= 4 is 5.91 Å². The van der Waals surface area contributed by atoms with Gasteiger partial charge in [0.25, 0.3) is 0 Å². The summed E-state index contributed by atoms with van der Waals surface area (Å²) in [5.41, 5.74) is 0.491. The average Bonchev–Trinajstić information content (AvgIpc) is 3.04. The number of nitrogens with one attached hydrogen (secondary N) is 1. The Morgan fingerprint density at radius 1 is 1.18 bits per heavy atom. The van der Waals surface area contributed by atoms with Gasteiger partial charge >= 0.3 is 0 Å². The van der Waals surface area contributed by atoms with Gasteiger partial charge in [-0.15, -0.1) is 0 Å². The molecule has 3 fully saturated rings. The van der Waals surface area contributed by atoms with Gasteiger partial charge in [0.2, 0.25) is 5.91 Å². The van der Waals surface area contributed by atoms with Crippen LogP contribution in [0, 0.1) is 5.41 Å². The normalized spacial score (nSPS) is 34.0. The van der Waals surface area contributed by atoms with Crippen molar-refractivity contribution in [3.63, 3.8) is 0 Å². The fourth-order valence-electron chi connectivity index (χ4n) is 3.56. The van der Waals surface area contributed by atoms with Crippen LogP contribution in [0.1, 0.15) is 25.7 Å². The molecule has 0 saturated carbocycles. The molecule has 3 rings (SSSR count). The fraction of sp³-hybridized carbons (Fsp3) is 0.923. The lowest BCUT2D eigenvalue weighted by atomic mass is 9.87. The van der Waals surface area contributed by atoms with Crippen LogP contribution in [0.15, 0.2) is 0 Å². The molecule has 0 radical (unpaired) electrons. The van der Waals surface area contributed by atoms with E-state index < -0.39 is 0 Å². The summed E-state index contributed by atoms with van der Waals surface area (Å²) in [6, 6.07) is 0. The van der Waals surface area contributed by atoms with Crippen LogP contribution in [0.3, 0.4) is 0 Å². The second-order valence-corrected chi connectivity index (χ2v) is 5.98. The predicted octanol–water partition coefficient (Wildman–Crippen LogP) is 0.294. The lowest BCUT2D eigenvalue weighted by molar-refractivity contribution is -0.131. The molecule has 96 valence electrons. The van der Waals surface area contributed by atoms with E-state index in [1.165, 1.54) is 25.7 Å². The quantitative estimate of drug-likeness (QED) is 0.750. The van der Waals surface area contributed by atoms with E-state index in [0.29, 0.717) is 17.9 Å². The van der Waals surface area contributed by atoms with E-state index in [-0.39, 0.29) is 0 Å². The highest BCUT2D eigenvalue weighted by molar-refractivity contribution is 5.78. The Hall–Kier alpha value is -0.610. The standard InChI is InChI=1S/C13H23N3O/c17-12(16-6-1-2-7-16)9-15-8-4-13(11-15)3-5-14-10-13/h14H,1-11H2. The Kier molecular flexibility index (Phi) is 3.09. The first-order chi connectivity index (χ1) is 8.27. The molecule has 4 nitrogen and oxygen atoms in total. The topological polar surface area (TPSA) is 35.6 Å². The minimum Gasteiger partial charge on any atom is -0.342 e. The third-order valence-corrected chi connectivity index (χ3v) is 4.67. The minimum atomic E-state index is 0.352. The van der Waals surface area contributed by atoms with Crippen LogP contribution in [-0.2, 0) is 4.79 Å². The van der Waals surface area contributed by atoms with Crippen LogP contribution in [0.2, 0.25) is 0 Å². The summed E-state index contributed by atoms with van der Waals surface area (Å²) < 4.78 is 0. The van der Waals surface area contributed by atoms with Crippen molar-refractivity contribution in [3.05, 3.63) is 0 Å². The molecule has 4 heteroatoms. The van der Waals surface area contributed by atoms with Gasteiger partial charge in [0.05, 0.1) is 6.54 Å². The van der Waals surface area contributed by atoms with Gasteiger partial charge in [-0.25, -0.2) is 0 Å². The molecule has 3 aliphatic rings. The van der Waals surface area contributed by atoms with Gasteiger partial charge in [-0.05, 0) is 44.2 Å². The molecule has 0 aliphatic carbocycles. The zero-order chi connectivity index (χ0) is 11.7. The van der Waals surface area contributed by atoms with E-state index in [0.717, 1.165) is 39.3 Å². The fourth-order valence-corrected chi connectivity index (χ4v) is 3.56. The molecule has 0 aromatic carbocycles. The zero-order valence-corrected chi connectivity index (χ0v) is 10.6. The Balaban J connectivity index is 1.51. The van der Waals surface area contributed by atoms with Gasteiger partial charge < -0.3 is 10.2 Å². The van der Waals surface area contributed by atoms with Crippen molar-refractivity contribution in [2.45, 2.75) is 25.7 Å². The van der Waals surface area contributed by atoms with E-state index >= 15 is 0 Å². The molecule has 3 saturated heterocycles. The van der Waals surface area contributed by atoms with Crippen LogP contribution in [0.5, 0.6) is 0 Å². The molecule has 3 aliphatic heterocycles. The molecular formula is C13H23N3O. The van der Waals surface area contributed by atoms with Crippen LogP contribution in [0.4, 0.5) is 0 Å². The monoisotopic (exact) mass is 237 g/mol. The van der Waals surface area contributed by atoms with Crippen LogP contribution in [0.25, 0.3) is 0 Å². The van der Waals surface area contributed by atoms with E-state index in [1.807, 2.05) is 4.90 Å². The van der Waals surface area contributed by atoms with Crippen molar-refractivity contribution in [3.8, 4) is 0 Å². The highest BCUT2D eigenvalue weighted by atomic mass is 16.2. The van der Waals surface area contributed by atoms with Crippen LogP contribution >= 0.6 is 0 Å². The lowest BCUT2D eigenvalue weighted by Gasteiger charge is -2.24. The zero-order valence-electron chi connectivity index (χ0n) is 10.6. The van der Waals surface area contributed by atoms with Crippen molar-refractivity contribution < 1.29 is 4.79 Å². The highest BCUT2D eigenvalue weighted by Gasteiger charge is 2.40. The number of likely N-dealkylation sites (tertiary alicyclic amines) is 2. The predicted molar refractivity (Wildman–Crippen MR) is 66.8 cm³/mol. The molecular weight excluding hydrogens is 214 g/mol. The van der Waals surface area contributed by atoms with Gasteiger partial charge in [-0.2, -0.15) is 0 Å². The summed E-state index contributed by atoms with van der Waals surface area (Å²) in [4.78, 5) is 16.5. The Labute approximate surface area is 103 Å². The first-order valence-electron chi connectivity index (χ1n) is 6.98. The maximum Gasteiger partial charge on any atom is 0.236 e. The molecule has 17 heavy (non-hydrogen) atoms. The molecule has 0 aromatic heterocycles. The van der Waals surface area contributed by atoms with Gasteiger partial charge in [-0.3, -0.25) is 9.69 Å². The highest BCUT2D eigenvalue weighted by Crippen LogP contribution is 2.35. The summed E-state index contributed by atoms with van der Waals surface area (Å²) in [7, 11) is 0. The first-order valence-corrected chi connectivity index (χ1v) is 6.98. The Morgan fingerprint density at radius 2 is 2.00 bits per heavy atom. The van der Waals surface area contributed by atoms with Crippen LogP contribution < -0.4 is 5.32 Å².